The van der Waals surface area contributed by atoms with E-state index in [1.807, 2.05) is 0 Å². The fourth-order valence-corrected chi connectivity index (χ4v) is 1.62. The van der Waals surface area contributed by atoms with E-state index < -0.39 is 12.1 Å². The van der Waals surface area contributed by atoms with Crippen LogP contribution >= 0.6 is 0 Å². The van der Waals surface area contributed by atoms with Gasteiger partial charge in [0.15, 0.2) is 0 Å². The lowest BCUT2D eigenvalue weighted by molar-refractivity contribution is -0.192. The van der Waals surface area contributed by atoms with Crippen LogP contribution in [0.5, 0.6) is 0 Å². The zero-order valence-electron chi connectivity index (χ0n) is 10.3. The number of carbonyl (C=O) groups is 2. The van der Waals surface area contributed by atoms with Gasteiger partial charge in [0.05, 0.1) is 5.92 Å². The van der Waals surface area contributed by atoms with Crippen LogP contribution in [0.3, 0.4) is 0 Å². The lowest BCUT2D eigenvalue weighted by atomic mass is 9.99. The van der Waals surface area contributed by atoms with E-state index in [0.29, 0.717) is 6.04 Å². The molecule has 8 heteroatoms. The lowest BCUT2D eigenvalue weighted by Crippen LogP contribution is -2.41. The largest absolute Gasteiger partial charge is 0.490 e. The summed E-state index contributed by atoms with van der Waals surface area (Å²) < 4.78 is 31.7. The summed E-state index contributed by atoms with van der Waals surface area (Å²) in [6.07, 6.45) is -0.508. The monoisotopic (exact) mass is 282 g/mol. The molecule has 1 unspecified atom stereocenters. The number of carboxylic acid groups (broad SMARTS) is 1. The minimum absolute atomic E-state index is 0.236. The van der Waals surface area contributed by atoms with E-state index in [1.165, 1.54) is 12.8 Å². The molecule has 1 heterocycles. The van der Waals surface area contributed by atoms with Crippen LogP contribution < -0.4 is 10.6 Å². The van der Waals surface area contributed by atoms with Crippen LogP contribution in [0.4, 0.5) is 13.2 Å². The second-order valence-corrected chi connectivity index (χ2v) is 4.63. The van der Waals surface area contributed by atoms with Gasteiger partial charge in [0.25, 0.3) is 0 Å². The Morgan fingerprint density at radius 1 is 1.21 bits per heavy atom. The predicted octanol–water partition coefficient (Wildman–Crippen LogP) is 0.898. The van der Waals surface area contributed by atoms with Gasteiger partial charge in [-0.1, -0.05) is 0 Å². The summed E-state index contributed by atoms with van der Waals surface area (Å²) in [5.74, 6) is -2.25. The Kier molecular flexibility index (Phi) is 5.59. The number of hydrogen-bond acceptors (Lipinski definition) is 3. The molecule has 1 aliphatic heterocycles. The van der Waals surface area contributed by atoms with Crippen LogP contribution in [-0.2, 0) is 9.59 Å². The number of carboxylic acids is 1. The summed E-state index contributed by atoms with van der Waals surface area (Å²) in [4.78, 5) is 20.4. The molecule has 110 valence electrons. The van der Waals surface area contributed by atoms with Gasteiger partial charge in [-0.05, 0) is 32.2 Å². The maximum absolute atomic E-state index is 11.5. The smallest absolute Gasteiger partial charge is 0.475 e. The van der Waals surface area contributed by atoms with E-state index in [0.717, 1.165) is 25.9 Å². The third-order valence-electron chi connectivity index (χ3n) is 2.83. The van der Waals surface area contributed by atoms with Crippen molar-refractivity contribution in [2.45, 2.75) is 37.9 Å². The van der Waals surface area contributed by atoms with Gasteiger partial charge in [-0.15, -0.1) is 0 Å². The first kappa shape index (κ1) is 15.7. The summed E-state index contributed by atoms with van der Waals surface area (Å²) in [5.41, 5.74) is 0. The number of piperidine rings is 1. The molecule has 0 aromatic heterocycles. The number of halogens is 3. The molecule has 2 aliphatic rings. The fraction of sp³-hybridized carbons (Fsp3) is 0.818. The molecule has 19 heavy (non-hydrogen) atoms. The zero-order chi connectivity index (χ0) is 14.5. The van der Waals surface area contributed by atoms with Gasteiger partial charge in [0.1, 0.15) is 0 Å². The molecule has 1 saturated heterocycles. The molecule has 1 amide bonds. The molecule has 0 aromatic rings. The molecule has 0 aromatic carbocycles. The number of alkyl halides is 3. The van der Waals surface area contributed by atoms with Crippen molar-refractivity contribution in [3.8, 4) is 0 Å². The molecule has 0 radical (unpaired) electrons. The highest BCUT2D eigenvalue weighted by Gasteiger charge is 2.38. The Bertz CT molecular complexity index is 324. The maximum atomic E-state index is 11.5. The predicted molar refractivity (Wildman–Crippen MR) is 60.4 cm³/mol. The molecule has 2 rings (SSSR count). The topological polar surface area (TPSA) is 78.4 Å². The highest BCUT2D eigenvalue weighted by Crippen LogP contribution is 2.20. The molecule has 1 aliphatic carbocycles. The van der Waals surface area contributed by atoms with Crippen molar-refractivity contribution >= 4 is 11.9 Å². The maximum Gasteiger partial charge on any atom is 0.490 e. The second-order valence-electron chi connectivity index (χ2n) is 4.63. The SMILES string of the molecule is O=C(NC1CC1)C1CCCNC1.O=C(O)C(F)(F)F. The highest BCUT2D eigenvalue weighted by molar-refractivity contribution is 5.79. The van der Waals surface area contributed by atoms with Gasteiger partial charge in [-0.3, -0.25) is 4.79 Å². The summed E-state index contributed by atoms with van der Waals surface area (Å²) in [6, 6.07) is 0.513. The van der Waals surface area contributed by atoms with Crippen molar-refractivity contribution < 1.29 is 27.9 Å². The van der Waals surface area contributed by atoms with Crippen LogP contribution in [0.25, 0.3) is 0 Å². The quantitative estimate of drug-likeness (QED) is 0.703. The van der Waals surface area contributed by atoms with Crippen molar-refractivity contribution in [1.29, 1.82) is 0 Å². The Labute approximate surface area is 108 Å². The van der Waals surface area contributed by atoms with Crippen LogP contribution in [0.2, 0.25) is 0 Å². The number of carbonyl (C=O) groups excluding carboxylic acids is 1. The van der Waals surface area contributed by atoms with E-state index in [4.69, 9.17) is 9.90 Å². The van der Waals surface area contributed by atoms with Gasteiger partial charge in [-0.25, -0.2) is 4.79 Å². The molecule has 1 atom stereocenters. The zero-order valence-corrected chi connectivity index (χ0v) is 10.3. The molecule has 3 N–H and O–H groups in total. The fourth-order valence-electron chi connectivity index (χ4n) is 1.62. The molecule has 1 saturated carbocycles. The highest BCUT2D eigenvalue weighted by atomic mass is 19.4. The first-order chi connectivity index (χ1) is 8.80. The van der Waals surface area contributed by atoms with E-state index in [-0.39, 0.29) is 11.8 Å². The van der Waals surface area contributed by atoms with Crippen molar-refractivity contribution in [3.63, 3.8) is 0 Å². The van der Waals surface area contributed by atoms with Crippen LogP contribution in [0, 0.1) is 5.92 Å². The van der Waals surface area contributed by atoms with Gasteiger partial charge >= 0.3 is 12.1 Å². The number of nitrogens with one attached hydrogen (secondary N) is 2. The minimum Gasteiger partial charge on any atom is -0.475 e. The third kappa shape index (κ3) is 6.42. The minimum atomic E-state index is -5.08. The Morgan fingerprint density at radius 3 is 2.16 bits per heavy atom. The van der Waals surface area contributed by atoms with Crippen molar-refractivity contribution in [2.75, 3.05) is 13.1 Å². The third-order valence-corrected chi connectivity index (χ3v) is 2.83. The molecule has 0 spiro atoms. The van der Waals surface area contributed by atoms with Crippen molar-refractivity contribution in [3.05, 3.63) is 0 Å². The molecule has 2 fully saturated rings. The molecular weight excluding hydrogens is 265 g/mol. The average Bonchev–Trinajstić information content (AvgIpc) is 3.13. The summed E-state index contributed by atoms with van der Waals surface area (Å²) in [5, 5.41) is 13.4. The van der Waals surface area contributed by atoms with Crippen molar-refractivity contribution in [1.82, 2.24) is 10.6 Å². The Morgan fingerprint density at radius 2 is 1.79 bits per heavy atom. The summed E-state index contributed by atoms with van der Waals surface area (Å²) >= 11 is 0. The summed E-state index contributed by atoms with van der Waals surface area (Å²) in [7, 11) is 0. The van der Waals surface area contributed by atoms with E-state index in [9.17, 15) is 18.0 Å². The molecular formula is C11H17F3N2O3. The van der Waals surface area contributed by atoms with Crippen molar-refractivity contribution in [2.24, 2.45) is 5.92 Å². The Hall–Kier alpha value is -1.31. The number of amides is 1. The number of aliphatic carboxylic acids is 1. The van der Waals surface area contributed by atoms with E-state index in [1.54, 1.807) is 0 Å². The Balaban J connectivity index is 0.000000224. The summed E-state index contributed by atoms with van der Waals surface area (Å²) in [6.45, 7) is 1.95. The molecule has 0 bridgehead atoms. The first-order valence-electron chi connectivity index (χ1n) is 6.12. The average molecular weight is 282 g/mol. The second kappa shape index (κ2) is 6.74. The van der Waals surface area contributed by atoms with Gasteiger partial charge in [0, 0.05) is 12.6 Å². The van der Waals surface area contributed by atoms with Crippen LogP contribution in [0.1, 0.15) is 25.7 Å². The number of rotatable bonds is 2. The van der Waals surface area contributed by atoms with Gasteiger partial charge in [-0.2, -0.15) is 13.2 Å². The van der Waals surface area contributed by atoms with Gasteiger partial charge in [0.2, 0.25) is 5.91 Å². The van der Waals surface area contributed by atoms with Gasteiger partial charge < -0.3 is 15.7 Å². The lowest BCUT2D eigenvalue weighted by Gasteiger charge is -2.21. The van der Waals surface area contributed by atoms with Crippen LogP contribution in [-0.4, -0.2) is 42.3 Å². The van der Waals surface area contributed by atoms with E-state index >= 15 is 0 Å². The first-order valence-corrected chi connectivity index (χ1v) is 6.12. The van der Waals surface area contributed by atoms with E-state index in [2.05, 4.69) is 10.6 Å². The standard InChI is InChI=1S/C9H16N2O.C2HF3O2/c12-9(11-8-3-4-8)7-2-1-5-10-6-7;3-2(4,5)1(6)7/h7-8,10H,1-6H2,(H,11,12);(H,6,7). The normalized spacial score (nSPS) is 23.0. The van der Waals surface area contributed by atoms with Crippen LogP contribution in [0.15, 0.2) is 0 Å². The molecule has 5 nitrogen and oxygen atoms in total. The number of hydrogen-bond donors (Lipinski definition) is 3.